The quantitative estimate of drug-likeness (QED) is 0.528. The van der Waals surface area contributed by atoms with Crippen LogP contribution in [0.3, 0.4) is 0 Å². The van der Waals surface area contributed by atoms with E-state index in [0.29, 0.717) is 5.92 Å². The van der Waals surface area contributed by atoms with Crippen molar-refractivity contribution in [1.82, 2.24) is 0 Å². The van der Waals surface area contributed by atoms with Crippen molar-refractivity contribution in [2.45, 2.75) is 51.9 Å². The Morgan fingerprint density at radius 2 is 2.07 bits per heavy atom. The first-order chi connectivity index (χ1) is 7.29. The first-order valence-corrected chi connectivity index (χ1v) is 5.91. The van der Waals surface area contributed by atoms with Gasteiger partial charge in [-0.1, -0.05) is 32.6 Å². The van der Waals surface area contributed by atoms with E-state index >= 15 is 0 Å². The van der Waals surface area contributed by atoms with Gasteiger partial charge in [-0.25, -0.2) is 4.79 Å². The van der Waals surface area contributed by atoms with Crippen LogP contribution in [-0.4, -0.2) is 12.0 Å². The number of nitrogens with zero attached hydrogens (tertiary/aromatic N) is 1. The molecule has 1 unspecified atom stereocenters. The molecule has 0 aliphatic heterocycles. The number of carbonyl (C=O) groups is 1. The molecule has 1 amide bonds. The van der Waals surface area contributed by atoms with Crippen LogP contribution in [0.25, 0.3) is 0 Å². The summed E-state index contributed by atoms with van der Waals surface area (Å²) >= 11 is 0. The maximum atomic E-state index is 11.6. The largest absolute Gasteiger partial charge is 0.271 e. The van der Waals surface area contributed by atoms with Crippen molar-refractivity contribution >= 4 is 12.0 Å². The van der Waals surface area contributed by atoms with E-state index in [1.165, 1.54) is 25.3 Å². The van der Waals surface area contributed by atoms with Gasteiger partial charge in [0.25, 0.3) is 5.91 Å². The fourth-order valence-corrected chi connectivity index (χ4v) is 2.54. The SMILES string of the molecule is CCCC(C(=O)N=C=O)C1CCCCC1. The molecule has 0 heterocycles. The zero-order valence-corrected chi connectivity index (χ0v) is 9.37. The third kappa shape index (κ3) is 3.60. The van der Waals surface area contributed by atoms with Gasteiger partial charge in [0.05, 0.1) is 0 Å². The Balaban J connectivity index is 2.62. The van der Waals surface area contributed by atoms with Gasteiger partial charge in [0.15, 0.2) is 0 Å². The van der Waals surface area contributed by atoms with Crippen molar-refractivity contribution in [2.24, 2.45) is 16.8 Å². The summed E-state index contributed by atoms with van der Waals surface area (Å²) in [6.45, 7) is 2.06. The van der Waals surface area contributed by atoms with E-state index in [1.54, 1.807) is 0 Å². The minimum Gasteiger partial charge on any atom is -0.271 e. The maximum absolute atomic E-state index is 11.6. The monoisotopic (exact) mass is 209 g/mol. The number of carbonyl (C=O) groups excluding carboxylic acids is 2. The number of hydrogen-bond donors (Lipinski definition) is 0. The number of rotatable bonds is 4. The predicted molar refractivity (Wildman–Crippen MR) is 58.1 cm³/mol. The lowest BCUT2D eigenvalue weighted by molar-refractivity contribution is -0.123. The Kier molecular flexibility index (Phi) is 5.27. The predicted octanol–water partition coefficient (Wildman–Crippen LogP) is 2.85. The lowest BCUT2D eigenvalue weighted by Gasteiger charge is -2.27. The molecule has 0 aromatic carbocycles. The van der Waals surface area contributed by atoms with Gasteiger partial charge in [-0.05, 0) is 25.2 Å². The molecular weight excluding hydrogens is 190 g/mol. The van der Waals surface area contributed by atoms with Crippen LogP contribution < -0.4 is 0 Å². The highest BCUT2D eigenvalue weighted by atomic mass is 16.2. The second-order valence-electron chi connectivity index (χ2n) is 4.33. The molecule has 0 radical (unpaired) electrons. The van der Waals surface area contributed by atoms with E-state index in [0.717, 1.165) is 25.7 Å². The molecule has 1 aliphatic rings. The van der Waals surface area contributed by atoms with E-state index in [9.17, 15) is 9.59 Å². The van der Waals surface area contributed by atoms with Crippen molar-refractivity contribution in [2.75, 3.05) is 0 Å². The normalized spacial score (nSPS) is 19.3. The lowest BCUT2D eigenvalue weighted by atomic mass is 9.78. The minimum absolute atomic E-state index is 0.0308. The molecule has 3 heteroatoms. The van der Waals surface area contributed by atoms with E-state index in [1.807, 2.05) is 0 Å². The molecule has 0 bridgehead atoms. The van der Waals surface area contributed by atoms with Crippen LogP contribution in [0.1, 0.15) is 51.9 Å². The van der Waals surface area contributed by atoms with Gasteiger partial charge in [0.2, 0.25) is 6.08 Å². The highest BCUT2D eigenvalue weighted by molar-refractivity contribution is 5.83. The Labute approximate surface area is 91.0 Å². The van der Waals surface area contributed by atoms with Gasteiger partial charge in [0, 0.05) is 5.92 Å². The summed E-state index contributed by atoms with van der Waals surface area (Å²) in [4.78, 5) is 25.0. The fraction of sp³-hybridized carbons (Fsp3) is 0.833. The van der Waals surface area contributed by atoms with Crippen LogP contribution in [-0.2, 0) is 9.59 Å². The molecule has 84 valence electrons. The van der Waals surface area contributed by atoms with Gasteiger partial charge >= 0.3 is 0 Å². The second-order valence-corrected chi connectivity index (χ2v) is 4.33. The standard InChI is InChI=1S/C12H19NO2/c1-2-6-11(12(15)13-9-14)10-7-4-3-5-8-10/h10-11H,2-8H2,1H3. The molecule has 1 atom stereocenters. The number of aliphatic imine (C=N–C) groups is 1. The Morgan fingerprint density at radius 1 is 1.40 bits per heavy atom. The Morgan fingerprint density at radius 3 is 2.60 bits per heavy atom. The third-order valence-electron chi connectivity index (χ3n) is 3.29. The Hall–Kier alpha value is -0.950. The molecular formula is C12H19NO2. The van der Waals surface area contributed by atoms with Gasteiger partial charge in [-0.3, -0.25) is 4.79 Å². The number of amides is 1. The summed E-state index contributed by atoms with van der Waals surface area (Å²) in [7, 11) is 0. The molecule has 1 aliphatic carbocycles. The molecule has 3 nitrogen and oxygen atoms in total. The molecule has 0 aromatic heterocycles. The van der Waals surface area contributed by atoms with E-state index in [2.05, 4.69) is 11.9 Å². The lowest BCUT2D eigenvalue weighted by Crippen LogP contribution is -2.24. The first kappa shape index (κ1) is 12.1. The summed E-state index contributed by atoms with van der Waals surface area (Å²) in [6.07, 6.45) is 9.13. The van der Waals surface area contributed by atoms with Crippen LogP contribution in [0.2, 0.25) is 0 Å². The maximum Gasteiger partial charge on any atom is 0.259 e. The van der Waals surface area contributed by atoms with Gasteiger partial charge in [-0.2, -0.15) is 0 Å². The van der Waals surface area contributed by atoms with Crippen molar-refractivity contribution in [1.29, 1.82) is 0 Å². The molecule has 15 heavy (non-hydrogen) atoms. The van der Waals surface area contributed by atoms with E-state index in [4.69, 9.17) is 0 Å². The summed E-state index contributed by atoms with van der Waals surface area (Å²) in [5.74, 6) is 0.166. The van der Waals surface area contributed by atoms with Gasteiger partial charge in [0.1, 0.15) is 0 Å². The topological polar surface area (TPSA) is 46.5 Å². The van der Waals surface area contributed by atoms with Crippen LogP contribution in [0, 0.1) is 11.8 Å². The third-order valence-corrected chi connectivity index (χ3v) is 3.29. The molecule has 1 rings (SSSR count). The van der Waals surface area contributed by atoms with Crippen molar-refractivity contribution in [3.63, 3.8) is 0 Å². The van der Waals surface area contributed by atoms with Gasteiger partial charge in [-0.15, -0.1) is 4.99 Å². The molecule has 0 N–H and O–H groups in total. The molecule has 0 saturated heterocycles. The van der Waals surface area contributed by atoms with E-state index < -0.39 is 0 Å². The van der Waals surface area contributed by atoms with Crippen LogP contribution >= 0.6 is 0 Å². The zero-order chi connectivity index (χ0) is 11.1. The highest BCUT2D eigenvalue weighted by Gasteiger charge is 2.28. The number of isocyanates is 1. The van der Waals surface area contributed by atoms with Gasteiger partial charge < -0.3 is 0 Å². The first-order valence-electron chi connectivity index (χ1n) is 5.91. The van der Waals surface area contributed by atoms with Crippen molar-refractivity contribution < 1.29 is 9.59 Å². The minimum atomic E-state index is -0.251. The average Bonchev–Trinajstić information content (AvgIpc) is 2.27. The highest BCUT2D eigenvalue weighted by Crippen LogP contribution is 2.33. The van der Waals surface area contributed by atoms with Crippen LogP contribution in [0.5, 0.6) is 0 Å². The second kappa shape index (κ2) is 6.52. The van der Waals surface area contributed by atoms with Crippen LogP contribution in [0.4, 0.5) is 0 Å². The zero-order valence-electron chi connectivity index (χ0n) is 9.37. The molecule has 1 fully saturated rings. The van der Waals surface area contributed by atoms with Crippen LogP contribution in [0.15, 0.2) is 4.99 Å². The summed E-state index contributed by atoms with van der Waals surface area (Å²) in [6, 6.07) is 0. The average molecular weight is 209 g/mol. The summed E-state index contributed by atoms with van der Waals surface area (Å²) in [5.41, 5.74) is 0. The molecule has 1 saturated carbocycles. The van der Waals surface area contributed by atoms with Crippen molar-refractivity contribution in [3.8, 4) is 0 Å². The fourth-order valence-electron chi connectivity index (χ4n) is 2.54. The summed E-state index contributed by atoms with van der Waals surface area (Å²) in [5, 5.41) is 0. The van der Waals surface area contributed by atoms with Crippen molar-refractivity contribution in [3.05, 3.63) is 0 Å². The smallest absolute Gasteiger partial charge is 0.259 e. The molecule has 0 aromatic rings. The molecule has 0 spiro atoms. The Bertz CT molecular complexity index is 250. The number of hydrogen-bond acceptors (Lipinski definition) is 2. The summed E-state index contributed by atoms with van der Waals surface area (Å²) < 4.78 is 0. The van der Waals surface area contributed by atoms with E-state index in [-0.39, 0.29) is 11.8 Å².